The number of esters is 1. The molecule has 0 saturated carbocycles. The van der Waals surface area contributed by atoms with Crippen LogP contribution in [0.2, 0.25) is 0 Å². The number of rotatable bonds is 7. The summed E-state index contributed by atoms with van der Waals surface area (Å²) in [6.45, 7) is 4.09. The Bertz CT molecular complexity index is 862. The van der Waals surface area contributed by atoms with Crippen molar-refractivity contribution in [1.29, 1.82) is 0 Å². The van der Waals surface area contributed by atoms with Crippen LogP contribution in [0.4, 0.5) is 14.5 Å². The molecule has 2 amide bonds. The van der Waals surface area contributed by atoms with Crippen LogP contribution in [0.1, 0.15) is 34.6 Å². The normalized spacial score (nSPS) is 10.3. The zero-order chi connectivity index (χ0) is 20.7. The molecule has 2 aromatic carbocycles. The molecule has 0 bridgehead atoms. The van der Waals surface area contributed by atoms with Gasteiger partial charge in [0.1, 0.15) is 17.2 Å². The summed E-state index contributed by atoms with van der Waals surface area (Å²) in [6, 6.07) is 9.23. The molecule has 0 aromatic heterocycles. The zero-order valence-corrected chi connectivity index (χ0v) is 15.5. The lowest BCUT2D eigenvalue weighted by Crippen LogP contribution is -2.30. The SMILES string of the molecule is CCN(CC)C(=O)c1cccc(NC(=O)COC(=O)c2c(F)cccc2F)c1. The van der Waals surface area contributed by atoms with Crippen LogP contribution in [0.25, 0.3) is 0 Å². The third kappa shape index (κ3) is 5.12. The average Bonchev–Trinajstić information content (AvgIpc) is 2.67. The minimum absolute atomic E-state index is 0.178. The molecule has 0 aliphatic rings. The van der Waals surface area contributed by atoms with E-state index in [1.165, 1.54) is 6.07 Å². The van der Waals surface area contributed by atoms with E-state index in [-0.39, 0.29) is 5.91 Å². The van der Waals surface area contributed by atoms with E-state index in [0.717, 1.165) is 18.2 Å². The monoisotopic (exact) mass is 390 g/mol. The highest BCUT2D eigenvalue weighted by atomic mass is 19.1. The van der Waals surface area contributed by atoms with Crippen molar-refractivity contribution in [2.24, 2.45) is 0 Å². The number of anilines is 1. The molecule has 8 heteroatoms. The number of carbonyl (C=O) groups excluding carboxylic acids is 3. The Morgan fingerprint density at radius 1 is 1.00 bits per heavy atom. The van der Waals surface area contributed by atoms with Gasteiger partial charge >= 0.3 is 5.97 Å². The molecule has 148 valence electrons. The van der Waals surface area contributed by atoms with Gasteiger partial charge in [-0.3, -0.25) is 9.59 Å². The van der Waals surface area contributed by atoms with Gasteiger partial charge in [0, 0.05) is 24.3 Å². The fourth-order valence-electron chi connectivity index (χ4n) is 2.52. The van der Waals surface area contributed by atoms with Gasteiger partial charge in [-0.15, -0.1) is 0 Å². The molecule has 0 aliphatic heterocycles. The second kappa shape index (κ2) is 9.59. The second-order valence-electron chi connectivity index (χ2n) is 5.78. The maximum Gasteiger partial charge on any atom is 0.344 e. The van der Waals surface area contributed by atoms with Gasteiger partial charge in [-0.2, -0.15) is 0 Å². The molecule has 0 spiro atoms. The molecule has 0 atom stereocenters. The van der Waals surface area contributed by atoms with E-state index in [4.69, 9.17) is 0 Å². The van der Waals surface area contributed by atoms with Crippen LogP contribution < -0.4 is 5.32 Å². The van der Waals surface area contributed by atoms with Gasteiger partial charge in [-0.25, -0.2) is 13.6 Å². The van der Waals surface area contributed by atoms with Crippen molar-refractivity contribution in [3.05, 3.63) is 65.2 Å². The number of nitrogens with one attached hydrogen (secondary N) is 1. The number of hydrogen-bond donors (Lipinski definition) is 1. The van der Waals surface area contributed by atoms with Crippen LogP contribution in [0, 0.1) is 11.6 Å². The lowest BCUT2D eigenvalue weighted by molar-refractivity contribution is -0.119. The molecule has 0 unspecified atom stereocenters. The molecule has 2 rings (SSSR count). The van der Waals surface area contributed by atoms with Crippen LogP contribution in [0.15, 0.2) is 42.5 Å². The fourth-order valence-corrected chi connectivity index (χ4v) is 2.52. The van der Waals surface area contributed by atoms with Crippen molar-refractivity contribution in [2.45, 2.75) is 13.8 Å². The Labute approximate surface area is 161 Å². The summed E-state index contributed by atoms with van der Waals surface area (Å²) < 4.78 is 31.7. The molecule has 6 nitrogen and oxygen atoms in total. The van der Waals surface area contributed by atoms with E-state index in [1.54, 1.807) is 23.1 Å². The third-order valence-corrected chi connectivity index (χ3v) is 3.95. The van der Waals surface area contributed by atoms with Gasteiger partial charge in [-0.1, -0.05) is 12.1 Å². The quantitative estimate of drug-likeness (QED) is 0.737. The van der Waals surface area contributed by atoms with Gasteiger partial charge in [0.05, 0.1) is 0 Å². The molecule has 0 saturated heterocycles. The molecule has 0 fully saturated rings. The first-order valence-electron chi connectivity index (χ1n) is 8.67. The van der Waals surface area contributed by atoms with Crippen LogP contribution in [0.3, 0.4) is 0 Å². The summed E-state index contributed by atoms with van der Waals surface area (Å²) in [4.78, 5) is 37.8. The maximum atomic E-state index is 13.5. The first kappa shape index (κ1) is 21.0. The number of hydrogen-bond acceptors (Lipinski definition) is 4. The van der Waals surface area contributed by atoms with Crippen molar-refractivity contribution in [3.8, 4) is 0 Å². The average molecular weight is 390 g/mol. The third-order valence-electron chi connectivity index (χ3n) is 3.95. The highest BCUT2D eigenvalue weighted by Crippen LogP contribution is 2.15. The lowest BCUT2D eigenvalue weighted by atomic mass is 10.1. The van der Waals surface area contributed by atoms with Crippen molar-refractivity contribution in [1.82, 2.24) is 4.90 Å². The Kier molecular flexibility index (Phi) is 7.20. The molecule has 1 N–H and O–H groups in total. The van der Waals surface area contributed by atoms with E-state index in [2.05, 4.69) is 10.1 Å². The van der Waals surface area contributed by atoms with E-state index < -0.39 is 35.7 Å². The van der Waals surface area contributed by atoms with E-state index in [9.17, 15) is 23.2 Å². The molecule has 0 heterocycles. The minimum Gasteiger partial charge on any atom is -0.452 e. The van der Waals surface area contributed by atoms with E-state index in [1.807, 2.05) is 13.8 Å². The van der Waals surface area contributed by atoms with Gasteiger partial charge < -0.3 is 15.0 Å². The van der Waals surface area contributed by atoms with Crippen LogP contribution in [-0.2, 0) is 9.53 Å². The topological polar surface area (TPSA) is 75.7 Å². The predicted molar refractivity (Wildman–Crippen MR) is 99.0 cm³/mol. The van der Waals surface area contributed by atoms with E-state index in [0.29, 0.717) is 24.3 Å². The summed E-state index contributed by atoms with van der Waals surface area (Å²) in [5, 5.41) is 2.47. The molecule has 28 heavy (non-hydrogen) atoms. The Hall–Kier alpha value is -3.29. The Balaban J connectivity index is 1.99. The zero-order valence-electron chi connectivity index (χ0n) is 15.5. The predicted octanol–water partition coefficient (Wildman–Crippen LogP) is 3.24. The van der Waals surface area contributed by atoms with Gasteiger partial charge in [0.15, 0.2) is 6.61 Å². The first-order chi connectivity index (χ1) is 13.4. The molecule has 2 aromatic rings. The van der Waals surface area contributed by atoms with Crippen LogP contribution in [0.5, 0.6) is 0 Å². The largest absolute Gasteiger partial charge is 0.452 e. The number of halogens is 2. The van der Waals surface area contributed by atoms with Crippen molar-refractivity contribution in [2.75, 3.05) is 25.0 Å². The standard InChI is InChI=1S/C20H20F2N2O4/c1-3-24(4-2)19(26)13-7-5-8-14(11-13)23-17(25)12-28-20(27)18-15(21)9-6-10-16(18)22/h5-11H,3-4,12H2,1-2H3,(H,23,25). The molecule has 0 radical (unpaired) electrons. The molecular formula is C20H20F2N2O4. The summed E-state index contributed by atoms with van der Waals surface area (Å²) in [5.74, 6) is -4.32. The van der Waals surface area contributed by atoms with Crippen LogP contribution in [-0.4, -0.2) is 42.4 Å². The van der Waals surface area contributed by atoms with Crippen LogP contribution >= 0.6 is 0 Å². The minimum atomic E-state index is -1.28. The highest BCUT2D eigenvalue weighted by molar-refractivity contribution is 5.98. The van der Waals surface area contributed by atoms with E-state index >= 15 is 0 Å². The number of carbonyl (C=O) groups is 3. The van der Waals surface area contributed by atoms with Crippen molar-refractivity contribution < 1.29 is 27.9 Å². The lowest BCUT2D eigenvalue weighted by Gasteiger charge is -2.19. The van der Waals surface area contributed by atoms with Gasteiger partial charge in [0.25, 0.3) is 11.8 Å². The summed E-state index contributed by atoms with van der Waals surface area (Å²) >= 11 is 0. The van der Waals surface area contributed by atoms with Gasteiger partial charge in [-0.05, 0) is 44.2 Å². The second-order valence-corrected chi connectivity index (χ2v) is 5.78. The van der Waals surface area contributed by atoms with Crippen molar-refractivity contribution in [3.63, 3.8) is 0 Å². The first-order valence-corrected chi connectivity index (χ1v) is 8.67. The smallest absolute Gasteiger partial charge is 0.344 e. The fraction of sp³-hybridized carbons (Fsp3) is 0.250. The van der Waals surface area contributed by atoms with Gasteiger partial charge in [0.2, 0.25) is 0 Å². The number of ether oxygens (including phenoxy) is 1. The number of benzene rings is 2. The maximum absolute atomic E-state index is 13.5. The van der Waals surface area contributed by atoms with Crippen molar-refractivity contribution >= 4 is 23.5 Å². The summed E-state index contributed by atoms with van der Waals surface area (Å²) in [7, 11) is 0. The number of nitrogens with zero attached hydrogens (tertiary/aromatic N) is 1. The Morgan fingerprint density at radius 2 is 1.61 bits per heavy atom. The molecule has 0 aliphatic carbocycles. The highest BCUT2D eigenvalue weighted by Gasteiger charge is 2.20. The number of amides is 2. The molecular weight excluding hydrogens is 370 g/mol. The summed E-state index contributed by atoms with van der Waals surface area (Å²) in [6.07, 6.45) is 0. The Morgan fingerprint density at radius 3 is 2.21 bits per heavy atom. The summed E-state index contributed by atoms with van der Waals surface area (Å²) in [5.41, 5.74) is -0.134.